The van der Waals surface area contributed by atoms with Gasteiger partial charge in [-0.2, -0.15) is 0 Å². The first-order chi connectivity index (χ1) is 10.1. The Hall–Kier alpha value is -0.311. The number of hydrogen-bond donors (Lipinski definition) is 0. The van der Waals surface area contributed by atoms with Crippen molar-refractivity contribution in [2.75, 3.05) is 0 Å². The SMILES string of the molecule is C=C1CC=CC=C1C=O.CCCC.CCCC.CCCC.[Sn]. The molecule has 0 aliphatic heterocycles. The van der Waals surface area contributed by atoms with Gasteiger partial charge in [0.05, 0.1) is 0 Å². The number of rotatable bonds is 4. The summed E-state index contributed by atoms with van der Waals surface area (Å²) in [6, 6.07) is 0. The molecule has 1 rings (SSSR count). The average Bonchev–Trinajstić information content (AvgIpc) is 2.56. The van der Waals surface area contributed by atoms with Crippen molar-refractivity contribution >= 4 is 30.2 Å². The van der Waals surface area contributed by atoms with E-state index in [0.29, 0.717) is 0 Å². The van der Waals surface area contributed by atoms with Crippen LogP contribution in [0.15, 0.2) is 36.0 Å². The first-order valence-electron chi connectivity index (χ1n) is 8.59. The van der Waals surface area contributed by atoms with Crippen molar-refractivity contribution < 1.29 is 4.79 Å². The molecule has 0 aromatic heterocycles. The molecule has 4 radical (unpaired) electrons. The first kappa shape index (κ1) is 29.7. The molecule has 0 saturated carbocycles. The first-order valence-corrected chi connectivity index (χ1v) is 8.59. The molecule has 0 spiro atoms. The molecule has 2 heteroatoms. The summed E-state index contributed by atoms with van der Waals surface area (Å²) in [5.74, 6) is 0. The van der Waals surface area contributed by atoms with Crippen molar-refractivity contribution in [1.29, 1.82) is 0 Å². The maximum atomic E-state index is 10.2. The third-order valence-electron chi connectivity index (χ3n) is 2.81. The zero-order valence-electron chi connectivity index (χ0n) is 15.9. The van der Waals surface area contributed by atoms with Crippen molar-refractivity contribution in [2.24, 2.45) is 0 Å². The molecule has 22 heavy (non-hydrogen) atoms. The molecule has 0 bridgehead atoms. The molecule has 0 amide bonds. The third kappa shape index (κ3) is 27.9. The Labute approximate surface area is 157 Å². The standard InChI is InChI=1S/C8H8O.3C4H10.Sn/c1-7-4-2-3-5-8(7)6-9;3*1-3-4-2;/h2-3,5-6H,1,4H2;3*3-4H2,1-2H3;. The van der Waals surface area contributed by atoms with E-state index in [0.717, 1.165) is 23.9 Å². The number of allylic oxidation sites excluding steroid dienone is 5. The van der Waals surface area contributed by atoms with Crippen LogP contribution in [0.4, 0.5) is 0 Å². The molecule has 0 atom stereocenters. The van der Waals surface area contributed by atoms with E-state index in [4.69, 9.17) is 0 Å². The van der Waals surface area contributed by atoms with Gasteiger partial charge >= 0.3 is 0 Å². The number of hydrogen-bond acceptors (Lipinski definition) is 1. The molecule has 0 saturated heterocycles. The summed E-state index contributed by atoms with van der Waals surface area (Å²) in [5, 5.41) is 0. The van der Waals surface area contributed by atoms with Crippen molar-refractivity contribution in [1.82, 2.24) is 0 Å². The number of carbonyl (C=O) groups excluding carboxylic acids is 1. The van der Waals surface area contributed by atoms with E-state index < -0.39 is 0 Å². The van der Waals surface area contributed by atoms with Gasteiger partial charge in [-0.3, -0.25) is 4.79 Å². The predicted octanol–water partition coefficient (Wildman–Crippen LogP) is 6.67. The minimum Gasteiger partial charge on any atom is -0.298 e. The fourth-order valence-electron chi connectivity index (χ4n) is 0.740. The second-order valence-electron chi connectivity index (χ2n) is 4.98. The van der Waals surface area contributed by atoms with Crippen molar-refractivity contribution in [3.8, 4) is 0 Å². The second-order valence-corrected chi connectivity index (χ2v) is 4.98. The number of unbranched alkanes of at least 4 members (excludes halogenated alkanes) is 3. The summed E-state index contributed by atoms with van der Waals surface area (Å²) < 4.78 is 0. The van der Waals surface area contributed by atoms with Crippen LogP contribution in [0, 0.1) is 0 Å². The molecule has 1 aliphatic carbocycles. The number of aldehydes is 1. The molecule has 1 nitrogen and oxygen atoms in total. The van der Waals surface area contributed by atoms with E-state index in [-0.39, 0.29) is 23.9 Å². The van der Waals surface area contributed by atoms with E-state index in [2.05, 4.69) is 48.1 Å². The summed E-state index contributed by atoms with van der Waals surface area (Å²) in [7, 11) is 0. The largest absolute Gasteiger partial charge is 0.298 e. The average molecular weight is 413 g/mol. The minimum atomic E-state index is 0. The van der Waals surface area contributed by atoms with E-state index in [1.807, 2.05) is 12.2 Å². The van der Waals surface area contributed by atoms with Crippen molar-refractivity contribution in [3.05, 3.63) is 36.0 Å². The van der Waals surface area contributed by atoms with Crippen LogP contribution in [-0.2, 0) is 4.79 Å². The Bertz CT molecular complexity index is 262. The Kier molecular flexibility index (Phi) is 38.8. The van der Waals surface area contributed by atoms with Crippen LogP contribution in [-0.4, -0.2) is 30.2 Å². The van der Waals surface area contributed by atoms with Gasteiger partial charge < -0.3 is 0 Å². The quantitative estimate of drug-likeness (QED) is 0.372. The van der Waals surface area contributed by atoms with Crippen LogP contribution in [0.5, 0.6) is 0 Å². The zero-order valence-corrected chi connectivity index (χ0v) is 18.7. The molecule has 0 fully saturated rings. The Balaban J connectivity index is -0.000000107. The third-order valence-corrected chi connectivity index (χ3v) is 2.81. The van der Waals surface area contributed by atoms with Crippen molar-refractivity contribution in [3.63, 3.8) is 0 Å². The minimum absolute atomic E-state index is 0. The fourth-order valence-corrected chi connectivity index (χ4v) is 0.740. The van der Waals surface area contributed by atoms with Crippen LogP contribution in [0.25, 0.3) is 0 Å². The summed E-state index contributed by atoms with van der Waals surface area (Å²) in [6.07, 6.45) is 15.2. The summed E-state index contributed by atoms with van der Waals surface area (Å²) in [6.45, 7) is 16.8. The Morgan fingerprint density at radius 1 is 0.909 bits per heavy atom. The molecule has 0 aromatic rings. The number of carbonyl (C=O) groups is 1. The van der Waals surface area contributed by atoms with Gasteiger partial charge in [-0.25, -0.2) is 0 Å². The molecule has 0 heterocycles. The molecule has 0 N–H and O–H groups in total. The molecule has 0 aromatic carbocycles. The molecule has 0 unspecified atom stereocenters. The van der Waals surface area contributed by atoms with Gasteiger partial charge in [0.1, 0.15) is 6.29 Å². The van der Waals surface area contributed by atoms with E-state index in [9.17, 15) is 4.79 Å². The van der Waals surface area contributed by atoms with Gasteiger partial charge in [-0.1, -0.05) is 105 Å². The van der Waals surface area contributed by atoms with Crippen LogP contribution in [0.3, 0.4) is 0 Å². The van der Waals surface area contributed by atoms with Crippen LogP contribution >= 0.6 is 0 Å². The van der Waals surface area contributed by atoms with Crippen molar-refractivity contribution in [2.45, 2.75) is 86.5 Å². The van der Waals surface area contributed by atoms with Crippen LogP contribution in [0.1, 0.15) is 86.5 Å². The smallest absolute Gasteiger partial charge is 0.150 e. The summed E-state index contributed by atoms with van der Waals surface area (Å²) in [5.41, 5.74) is 1.63. The van der Waals surface area contributed by atoms with Gasteiger partial charge in [0.25, 0.3) is 0 Å². The topological polar surface area (TPSA) is 17.1 Å². The van der Waals surface area contributed by atoms with Gasteiger partial charge in [0.2, 0.25) is 0 Å². The molecule has 128 valence electrons. The Morgan fingerprint density at radius 2 is 1.27 bits per heavy atom. The van der Waals surface area contributed by atoms with Crippen LogP contribution in [0.2, 0.25) is 0 Å². The predicted molar refractivity (Wildman–Crippen MR) is 105 cm³/mol. The zero-order chi connectivity index (χ0) is 16.9. The summed E-state index contributed by atoms with van der Waals surface area (Å²) >= 11 is 0. The maximum absolute atomic E-state index is 10.2. The molecule has 1 aliphatic rings. The Morgan fingerprint density at radius 3 is 1.45 bits per heavy atom. The molecular weight excluding hydrogens is 375 g/mol. The second kappa shape index (κ2) is 28.8. The van der Waals surface area contributed by atoms with Crippen LogP contribution < -0.4 is 0 Å². The van der Waals surface area contributed by atoms with E-state index in [1.165, 1.54) is 38.5 Å². The van der Waals surface area contributed by atoms with E-state index in [1.54, 1.807) is 6.08 Å². The monoisotopic (exact) mass is 414 g/mol. The normalized spacial score (nSPS) is 11.2. The van der Waals surface area contributed by atoms with Gasteiger partial charge in [0.15, 0.2) is 0 Å². The van der Waals surface area contributed by atoms with Gasteiger partial charge in [-0.05, 0) is 12.0 Å². The summed E-state index contributed by atoms with van der Waals surface area (Å²) in [4.78, 5) is 10.2. The molecular formula is C20H38OSn. The maximum Gasteiger partial charge on any atom is 0.150 e. The fraction of sp³-hybridized carbons (Fsp3) is 0.650. The van der Waals surface area contributed by atoms with Gasteiger partial charge in [-0.15, -0.1) is 0 Å². The van der Waals surface area contributed by atoms with E-state index >= 15 is 0 Å². The van der Waals surface area contributed by atoms with Gasteiger partial charge in [0, 0.05) is 29.5 Å².